The van der Waals surface area contributed by atoms with E-state index < -0.39 is 24.3 Å². The lowest BCUT2D eigenvalue weighted by Gasteiger charge is -2.23. The van der Waals surface area contributed by atoms with Gasteiger partial charge in [-0.05, 0) is 18.4 Å². The lowest BCUT2D eigenvalue weighted by molar-refractivity contribution is -0.174. The first-order chi connectivity index (χ1) is 14.2. The van der Waals surface area contributed by atoms with Crippen molar-refractivity contribution < 1.29 is 28.6 Å². The Bertz CT molecular complexity index is 708. The summed E-state index contributed by atoms with van der Waals surface area (Å²) in [6, 6.07) is 9.50. The summed E-state index contributed by atoms with van der Waals surface area (Å²) in [5.74, 6) is -1.62. The number of carbonyl (C=O) groups excluding carboxylic acids is 3. The van der Waals surface area contributed by atoms with E-state index in [9.17, 15) is 14.4 Å². The molecule has 0 radical (unpaired) electrons. The second-order valence-electron chi connectivity index (χ2n) is 7.04. The number of aryl methyl sites for hydroxylation is 1. The van der Waals surface area contributed by atoms with Gasteiger partial charge in [-0.2, -0.15) is 0 Å². The number of hydrogen-bond acceptors (Lipinski definition) is 7. The Hall–Kier alpha value is -3.10. The number of alkyl carbamates (subject to hydrolysis) is 1. The van der Waals surface area contributed by atoms with Gasteiger partial charge in [0.25, 0.3) is 6.29 Å². The van der Waals surface area contributed by atoms with E-state index in [0.29, 0.717) is 19.4 Å². The first-order valence-corrected chi connectivity index (χ1v) is 9.89. The maximum Gasteiger partial charge on any atom is 0.417 e. The molecule has 0 saturated heterocycles. The van der Waals surface area contributed by atoms with Crippen molar-refractivity contribution in [3.8, 4) is 0 Å². The van der Waals surface area contributed by atoms with Crippen LogP contribution in [0.2, 0.25) is 0 Å². The minimum Gasteiger partial charge on any atom is -0.464 e. The van der Waals surface area contributed by atoms with Crippen molar-refractivity contribution in [1.29, 1.82) is 5.41 Å². The molecule has 0 heterocycles. The zero-order valence-electron chi connectivity index (χ0n) is 18.0. The lowest BCUT2D eigenvalue weighted by Crippen LogP contribution is -2.45. The van der Waals surface area contributed by atoms with E-state index in [1.165, 1.54) is 11.9 Å². The summed E-state index contributed by atoms with van der Waals surface area (Å²) >= 11 is 0. The minimum absolute atomic E-state index is 0.149. The van der Waals surface area contributed by atoms with Crippen molar-refractivity contribution in [2.45, 2.75) is 46.3 Å². The Kier molecular flexibility index (Phi) is 11.0. The quantitative estimate of drug-likeness (QED) is 0.258. The summed E-state index contributed by atoms with van der Waals surface area (Å²) < 4.78 is 15.4. The van der Waals surface area contributed by atoms with Crippen LogP contribution in [0.3, 0.4) is 0 Å². The van der Waals surface area contributed by atoms with Gasteiger partial charge < -0.3 is 19.1 Å². The van der Waals surface area contributed by atoms with Gasteiger partial charge in [-0.15, -0.1) is 0 Å². The molecule has 0 aliphatic rings. The van der Waals surface area contributed by atoms with Gasteiger partial charge >= 0.3 is 18.0 Å². The molecule has 1 aromatic carbocycles. The number of ether oxygens (including phenoxy) is 3. The molecule has 0 spiro atoms. The van der Waals surface area contributed by atoms with Crippen molar-refractivity contribution in [2.24, 2.45) is 5.92 Å². The van der Waals surface area contributed by atoms with Gasteiger partial charge in [0.05, 0.1) is 6.61 Å². The third-order valence-corrected chi connectivity index (χ3v) is 3.91. The van der Waals surface area contributed by atoms with Gasteiger partial charge in [0.2, 0.25) is 5.96 Å². The van der Waals surface area contributed by atoms with Crippen molar-refractivity contribution in [3.05, 3.63) is 35.9 Å². The average Bonchev–Trinajstić information content (AvgIpc) is 2.70. The van der Waals surface area contributed by atoms with E-state index in [4.69, 9.17) is 19.6 Å². The van der Waals surface area contributed by atoms with Crippen LogP contribution in [0.4, 0.5) is 4.79 Å². The fourth-order valence-corrected chi connectivity index (χ4v) is 2.24. The molecule has 1 rings (SSSR count). The molecule has 0 aromatic heterocycles. The van der Waals surface area contributed by atoms with Gasteiger partial charge in [0, 0.05) is 19.4 Å². The summed E-state index contributed by atoms with van der Waals surface area (Å²) in [6.07, 6.45) is -0.695. The number of amides is 1. The predicted molar refractivity (Wildman–Crippen MR) is 111 cm³/mol. The van der Waals surface area contributed by atoms with Crippen LogP contribution >= 0.6 is 0 Å². The molecule has 1 aromatic rings. The van der Waals surface area contributed by atoms with E-state index in [1.54, 1.807) is 13.8 Å². The second kappa shape index (κ2) is 13.2. The van der Waals surface area contributed by atoms with E-state index in [1.807, 2.05) is 37.3 Å². The number of benzene rings is 1. The van der Waals surface area contributed by atoms with Crippen LogP contribution in [0.1, 0.15) is 39.2 Å². The molecule has 1 atom stereocenters. The Morgan fingerprint density at radius 2 is 1.77 bits per heavy atom. The second-order valence-corrected chi connectivity index (χ2v) is 7.04. The van der Waals surface area contributed by atoms with E-state index in [-0.39, 0.29) is 24.8 Å². The predicted octanol–water partition coefficient (Wildman–Crippen LogP) is 2.69. The number of guanidine groups is 1. The Morgan fingerprint density at radius 3 is 2.37 bits per heavy atom. The van der Waals surface area contributed by atoms with Crippen LogP contribution in [0.5, 0.6) is 0 Å². The molecule has 0 bridgehead atoms. The van der Waals surface area contributed by atoms with Crippen molar-refractivity contribution >= 4 is 24.0 Å². The van der Waals surface area contributed by atoms with E-state index >= 15 is 0 Å². The molecule has 0 aliphatic carbocycles. The molecular weight excluding hydrogens is 390 g/mol. The van der Waals surface area contributed by atoms with Crippen LogP contribution in [-0.4, -0.2) is 55.4 Å². The SMILES string of the molecule is CCCOC(=O)CN(C)C(=N)NC(=O)OC(OC(=O)CCc1ccccc1)C(C)C. The third-order valence-electron chi connectivity index (χ3n) is 3.91. The number of esters is 2. The number of carbonyl (C=O) groups is 3. The number of nitrogens with zero attached hydrogens (tertiary/aromatic N) is 1. The maximum absolute atomic E-state index is 12.1. The fourth-order valence-electron chi connectivity index (χ4n) is 2.24. The first-order valence-electron chi connectivity index (χ1n) is 9.89. The number of hydrogen-bond donors (Lipinski definition) is 2. The van der Waals surface area contributed by atoms with Gasteiger partial charge in [-0.1, -0.05) is 51.1 Å². The highest BCUT2D eigenvalue weighted by atomic mass is 16.7. The molecular formula is C21H31N3O6. The fraction of sp³-hybridized carbons (Fsp3) is 0.524. The molecule has 30 heavy (non-hydrogen) atoms. The molecule has 0 saturated carbocycles. The minimum atomic E-state index is -1.10. The Balaban J connectivity index is 2.47. The van der Waals surface area contributed by atoms with Gasteiger partial charge in [-0.3, -0.25) is 20.3 Å². The molecule has 2 N–H and O–H groups in total. The van der Waals surface area contributed by atoms with Crippen LogP contribution in [0.15, 0.2) is 30.3 Å². The Morgan fingerprint density at radius 1 is 1.10 bits per heavy atom. The maximum atomic E-state index is 12.1. The molecule has 166 valence electrons. The average molecular weight is 421 g/mol. The highest BCUT2D eigenvalue weighted by molar-refractivity contribution is 5.93. The normalized spacial score (nSPS) is 11.4. The third kappa shape index (κ3) is 9.90. The van der Waals surface area contributed by atoms with Crippen LogP contribution in [0, 0.1) is 11.3 Å². The largest absolute Gasteiger partial charge is 0.464 e. The van der Waals surface area contributed by atoms with Crippen molar-refractivity contribution in [1.82, 2.24) is 10.2 Å². The van der Waals surface area contributed by atoms with Gasteiger partial charge in [0.1, 0.15) is 6.54 Å². The standard InChI is InChI=1S/C21H31N3O6/c1-5-13-28-18(26)14-24(4)20(22)23-21(27)30-19(15(2)3)29-17(25)12-11-16-9-7-6-8-10-16/h6-10,15,19H,5,11-14H2,1-4H3,(H2,22,23,27). The van der Waals surface area contributed by atoms with E-state index in [2.05, 4.69) is 5.32 Å². The summed E-state index contributed by atoms with van der Waals surface area (Å²) in [5.41, 5.74) is 1.00. The lowest BCUT2D eigenvalue weighted by atomic mass is 10.1. The van der Waals surface area contributed by atoms with E-state index in [0.717, 1.165) is 5.56 Å². The summed E-state index contributed by atoms with van der Waals surface area (Å²) in [5, 5.41) is 10.1. The molecule has 9 nitrogen and oxygen atoms in total. The number of rotatable bonds is 10. The molecule has 1 unspecified atom stereocenters. The van der Waals surface area contributed by atoms with Crippen LogP contribution in [-0.2, 0) is 30.2 Å². The summed E-state index contributed by atoms with van der Waals surface area (Å²) in [7, 11) is 1.46. The smallest absolute Gasteiger partial charge is 0.417 e. The van der Waals surface area contributed by atoms with Gasteiger partial charge in [-0.25, -0.2) is 4.79 Å². The zero-order chi connectivity index (χ0) is 22.5. The van der Waals surface area contributed by atoms with Crippen molar-refractivity contribution in [3.63, 3.8) is 0 Å². The van der Waals surface area contributed by atoms with Gasteiger partial charge in [0.15, 0.2) is 0 Å². The highest BCUT2D eigenvalue weighted by Gasteiger charge is 2.24. The summed E-state index contributed by atoms with van der Waals surface area (Å²) in [4.78, 5) is 37.0. The van der Waals surface area contributed by atoms with Crippen LogP contribution < -0.4 is 5.32 Å². The van der Waals surface area contributed by atoms with Crippen LogP contribution in [0.25, 0.3) is 0 Å². The monoisotopic (exact) mass is 421 g/mol. The Labute approximate surface area is 177 Å². The molecule has 0 aliphatic heterocycles. The molecule has 0 fully saturated rings. The highest BCUT2D eigenvalue weighted by Crippen LogP contribution is 2.11. The molecule has 9 heteroatoms. The first kappa shape index (κ1) is 24.9. The molecule has 1 amide bonds. The zero-order valence-corrected chi connectivity index (χ0v) is 18.0. The van der Waals surface area contributed by atoms with Crippen molar-refractivity contribution in [2.75, 3.05) is 20.2 Å². The number of likely N-dealkylation sites (N-methyl/N-ethyl adjacent to an activating group) is 1. The topological polar surface area (TPSA) is 118 Å². The summed E-state index contributed by atoms with van der Waals surface area (Å²) in [6.45, 7) is 5.45. The number of nitrogens with one attached hydrogen (secondary N) is 2.